The summed E-state index contributed by atoms with van der Waals surface area (Å²) in [5, 5.41) is 11.9. The van der Waals surface area contributed by atoms with E-state index in [-0.39, 0.29) is 12.6 Å². The zero-order chi connectivity index (χ0) is 8.53. The van der Waals surface area contributed by atoms with Crippen molar-refractivity contribution < 1.29 is 5.11 Å². The Kier molecular flexibility index (Phi) is 6.82. The monoisotopic (exact) mass is 158 g/mol. The van der Waals surface area contributed by atoms with Gasteiger partial charge in [-0.3, -0.25) is 0 Å². The highest BCUT2D eigenvalue weighted by Gasteiger charge is 1.97. The van der Waals surface area contributed by atoms with Crippen LogP contribution in [0.25, 0.3) is 10.4 Å². The maximum Gasteiger partial charge on any atom is 0.0582 e. The average Bonchev–Trinajstić information content (AvgIpc) is 2.04. The molecule has 3 N–H and O–H groups in total. The van der Waals surface area contributed by atoms with E-state index >= 15 is 0 Å². The minimum atomic E-state index is -0.124. The van der Waals surface area contributed by atoms with Gasteiger partial charge in [0.1, 0.15) is 0 Å². The second-order valence-electron chi connectivity index (χ2n) is 2.39. The predicted molar refractivity (Wildman–Crippen MR) is 42.9 cm³/mol. The van der Waals surface area contributed by atoms with Crippen LogP contribution < -0.4 is 5.73 Å². The van der Waals surface area contributed by atoms with Crippen LogP contribution in [0.3, 0.4) is 0 Å². The quantitative estimate of drug-likeness (QED) is 0.258. The summed E-state index contributed by atoms with van der Waals surface area (Å²) in [6, 6.07) is -0.124. The zero-order valence-corrected chi connectivity index (χ0v) is 6.48. The number of aliphatic hydroxyl groups is 1. The summed E-state index contributed by atoms with van der Waals surface area (Å²) in [5.74, 6) is 0. The van der Waals surface area contributed by atoms with Crippen LogP contribution in [-0.2, 0) is 0 Å². The van der Waals surface area contributed by atoms with Crippen molar-refractivity contribution in [3.8, 4) is 0 Å². The molecule has 0 aliphatic carbocycles. The first kappa shape index (κ1) is 10.2. The highest BCUT2D eigenvalue weighted by atomic mass is 16.3. The van der Waals surface area contributed by atoms with E-state index in [2.05, 4.69) is 10.0 Å². The molecule has 0 aromatic rings. The molecule has 0 radical (unpaired) electrons. The van der Waals surface area contributed by atoms with E-state index < -0.39 is 0 Å². The van der Waals surface area contributed by atoms with Gasteiger partial charge in [-0.2, -0.15) is 0 Å². The van der Waals surface area contributed by atoms with Crippen molar-refractivity contribution in [2.45, 2.75) is 25.3 Å². The Hall–Kier alpha value is -0.770. The smallest absolute Gasteiger partial charge is 0.0582 e. The number of hydrogen-bond donors (Lipinski definition) is 2. The molecule has 0 unspecified atom stereocenters. The van der Waals surface area contributed by atoms with Crippen molar-refractivity contribution in [3.05, 3.63) is 10.4 Å². The van der Waals surface area contributed by atoms with Gasteiger partial charge in [-0.05, 0) is 18.4 Å². The molecule has 0 fully saturated rings. The summed E-state index contributed by atoms with van der Waals surface area (Å²) >= 11 is 0. The summed E-state index contributed by atoms with van der Waals surface area (Å²) in [6.45, 7) is 0.552. The second kappa shape index (κ2) is 7.34. The van der Waals surface area contributed by atoms with Crippen LogP contribution in [0, 0.1) is 0 Å². The molecular formula is C6H14N4O. The lowest BCUT2D eigenvalue weighted by Gasteiger charge is -2.05. The molecular weight excluding hydrogens is 144 g/mol. The molecule has 0 aliphatic heterocycles. The number of hydrogen-bond acceptors (Lipinski definition) is 3. The average molecular weight is 158 g/mol. The van der Waals surface area contributed by atoms with Crippen LogP contribution in [0.4, 0.5) is 0 Å². The van der Waals surface area contributed by atoms with Crippen LogP contribution in [0.15, 0.2) is 5.11 Å². The third-order valence-electron chi connectivity index (χ3n) is 1.38. The van der Waals surface area contributed by atoms with Gasteiger partial charge in [0.2, 0.25) is 0 Å². The largest absolute Gasteiger partial charge is 0.395 e. The molecule has 1 atom stereocenters. The van der Waals surface area contributed by atoms with Gasteiger partial charge in [-0.15, -0.1) is 0 Å². The lowest BCUT2D eigenvalue weighted by molar-refractivity contribution is 0.258. The van der Waals surface area contributed by atoms with E-state index in [1.165, 1.54) is 0 Å². The van der Waals surface area contributed by atoms with E-state index in [9.17, 15) is 0 Å². The third kappa shape index (κ3) is 7.12. The lowest BCUT2D eigenvalue weighted by Crippen LogP contribution is -2.23. The number of nitrogens with two attached hydrogens (primary N) is 1. The number of nitrogens with zero attached hydrogens (tertiary/aromatic N) is 3. The molecule has 0 rings (SSSR count). The number of aliphatic hydroxyl groups excluding tert-OH is 1. The molecule has 0 aromatic carbocycles. The van der Waals surface area contributed by atoms with Gasteiger partial charge in [0.15, 0.2) is 0 Å². The van der Waals surface area contributed by atoms with Crippen molar-refractivity contribution in [1.82, 2.24) is 0 Å². The Labute approximate surface area is 65.8 Å². The Balaban J connectivity index is 3.07. The molecule has 0 heterocycles. The molecule has 5 nitrogen and oxygen atoms in total. The van der Waals surface area contributed by atoms with Crippen molar-refractivity contribution in [1.29, 1.82) is 0 Å². The molecule has 0 bridgehead atoms. The minimum Gasteiger partial charge on any atom is -0.395 e. The topological polar surface area (TPSA) is 95.0 Å². The summed E-state index contributed by atoms with van der Waals surface area (Å²) in [7, 11) is 0. The maximum absolute atomic E-state index is 8.53. The molecule has 0 aromatic heterocycles. The molecule has 0 aliphatic rings. The number of azide groups is 1. The fourth-order valence-corrected chi connectivity index (χ4v) is 0.725. The highest BCUT2D eigenvalue weighted by molar-refractivity contribution is 4.59. The Morgan fingerprint density at radius 1 is 1.55 bits per heavy atom. The molecule has 11 heavy (non-hydrogen) atoms. The van der Waals surface area contributed by atoms with Gasteiger partial charge in [0.25, 0.3) is 0 Å². The van der Waals surface area contributed by atoms with Gasteiger partial charge in [0, 0.05) is 17.5 Å². The SMILES string of the molecule is [N-]=[N+]=NCCCC[C@H](N)CO. The van der Waals surface area contributed by atoms with Crippen LogP contribution in [0.5, 0.6) is 0 Å². The molecule has 64 valence electrons. The number of rotatable bonds is 6. The summed E-state index contributed by atoms with van der Waals surface area (Å²) in [5.41, 5.74) is 13.3. The van der Waals surface area contributed by atoms with E-state index in [0.29, 0.717) is 6.54 Å². The van der Waals surface area contributed by atoms with E-state index in [1.807, 2.05) is 0 Å². The van der Waals surface area contributed by atoms with Crippen molar-refractivity contribution >= 4 is 0 Å². The van der Waals surface area contributed by atoms with Gasteiger partial charge in [-0.25, -0.2) is 0 Å². The molecule has 5 heteroatoms. The van der Waals surface area contributed by atoms with Gasteiger partial charge >= 0.3 is 0 Å². The van der Waals surface area contributed by atoms with Crippen LogP contribution in [0.1, 0.15) is 19.3 Å². The van der Waals surface area contributed by atoms with Crippen molar-refractivity contribution in [3.63, 3.8) is 0 Å². The Morgan fingerprint density at radius 2 is 2.27 bits per heavy atom. The van der Waals surface area contributed by atoms with E-state index in [0.717, 1.165) is 19.3 Å². The normalized spacial score (nSPS) is 12.2. The van der Waals surface area contributed by atoms with Crippen LogP contribution >= 0.6 is 0 Å². The van der Waals surface area contributed by atoms with E-state index in [1.54, 1.807) is 0 Å². The Morgan fingerprint density at radius 3 is 2.82 bits per heavy atom. The predicted octanol–water partition coefficient (Wildman–Crippen LogP) is 0.787. The summed E-state index contributed by atoms with van der Waals surface area (Å²) in [6.07, 6.45) is 2.54. The van der Waals surface area contributed by atoms with Gasteiger partial charge in [-0.1, -0.05) is 11.5 Å². The fraction of sp³-hybridized carbons (Fsp3) is 1.00. The zero-order valence-electron chi connectivity index (χ0n) is 6.48. The molecule has 0 saturated heterocycles. The summed E-state index contributed by atoms with van der Waals surface area (Å²) < 4.78 is 0. The standard InChI is InChI=1S/C6H14N4O/c7-6(5-11)3-1-2-4-9-10-8/h6,11H,1-5,7H2/t6-/m0/s1. The number of unbranched alkanes of at least 4 members (excludes halogenated alkanes) is 1. The molecule has 0 saturated carbocycles. The fourth-order valence-electron chi connectivity index (χ4n) is 0.725. The van der Waals surface area contributed by atoms with Crippen LogP contribution in [0.2, 0.25) is 0 Å². The van der Waals surface area contributed by atoms with Crippen molar-refractivity contribution in [2.75, 3.05) is 13.2 Å². The van der Waals surface area contributed by atoms with E-state index in [4.69, 9.17) is 16.4 Å². The third-order valence-corrected chi connectivity index (χ3v) is 1.38. The lowest BCUT2D eigenvalue weighted by atomic mass is 10.1. The second-order valence-corrected chi connectivity index (χ2v) is 2.39. The van der Waals surface area contributed by atoms with Gasteiger partial charge in [0.05, 0.1) is 6.61 Å². The van der Waals surface area contributed by atoms with Gasteiger partial charge < -0.3 is 10.8 Å². The molecule has 0 spiro atoms. The van der Waals surface area contributed by atoms with Crippen molar-refractivity contribution in [2.24, 2.45) is 10.8 Å². The first-order valence-corrected chi connectivity index (χ1v) is 3.68. The first-order valence-electron chi connectivity index (χ1n) is 3.68. The maximum atomic E-state index is 8.53. The minimum absolute atomic E-state index is 0.0293. The molecule has 0 amide bonds. The van der Waals surface area contributed by atoms with Crippen LogP contribution in [-0.4, -0.2) is 24.3 Å². The first-order chi connectivity index (χ1) is 5.31. The highest BCUT2D eigenvalue weighted by Crippen LogP contribution is 1.98. The Bertz CT molecular complexity index is 133. The summed E-state index contributed by atoms with van der Waals surface area (Å²) in [4.78, 5) is 2.62.